The molecule has 0 saturated heterocycles. The van der Waals surface area contributed by atoms with Crippen LogP contribution in [0.2, 0.25) is 0 Å². The van der Waals surface area contributed by atoms with E-state index in [1.165, 1.54) is 0 Å². The van der Waals surface area contributed by atoms with Gasteiger partial charge in [-0.2, -0.15) is 0 Å². The van der Waals surface area contributed by atoms with E-state index in [0.717, 1.165) is 12.8 Å². The molecule has 0 aliphatic heterocycles. The summed E-state index contributed by atoms with van der Waals surface area (Å²) in [4.78, 5) is 17.9. The van der Waals surface area contributed by atoms with Gasteiger partial charge in [-0.15, -0.1) is 0 Å². The molecule has 0 aliphatic carbocycles. The second-order valence-electron chi connectivity index (χ2n) is 5.68. The van der Waals surface area contributed by atoms with Crippen LogP contribution in [0.4, 0.5) is 0 Å². The van der Waals surface area contributed by atoms with E-state index < -0.39 is 7.60 Å². The lowest BCUT2D eigenvalue weighted by Crippen LogP contribution is -2.25. The minimum atomic E-state index is -3.88. The van der Waals surface area contributed by atoms with E-state index in [1.807, 2.05) is 13.8 Å². The number of rotatable bonds is 5. The Morgan fingerprint density at radius 2 is 1.50 bits per heavy atom. The van der Waals surface area contributed by atoms with Crippen LogP contribution in [0.1, 0.15) is 47.5 Å². The summed E-state index contributed by atoms with van der Waals surface area (Å²) in [6, 6.07) is 0. The van der Waals surface area contributed by atoms with Gasteiger partial charge in [0.25, 0.3) is 0 Å². The Labute approximate surface area is 87.1 Å². The van der Waals surface area contributed by atoms with Crippen LogP contribution >= 0.6 is 7.60 Å². The average molecular weight is 222 g/mol. The molecule has 3 nitrogen and oxygen atoms in total. The molecule has 0 amide bonds. The fourth-order valence-electron chi connectivity index (χ4n) is 2.03. The topological polar surface area (TPSA) is 57.5 Å². The van der Waals surface area contributed by atoms with E-state index in [4.69, 9.17) is 9.79 Å². The van der Waals surface area contributed by atoms with Crippen LogP contribution in [0.3, 0.4) is 0 Å². The first kappa shape index (κ1) is 14.2. The molecule has 0 radical (unpaired) electrons. The fraction of sp³-hybridized carbons (Fsp3) is 1.00. The largest absolute Gasteiger partial charge is 0.326 e. The van der Waals surface area contributed by atoms with Crippen LogP contribution < -0.4 is 0 Å². The Balaban J connectivity index is 4.42. The van der Waals surface area contributed by atoms with Crippen LogP contribution in [0.25, 0.3) is 0 Å². The van der Waals surface area contributed by atoms with E-state index >= 15 is 0 Å². The third kappa shape index (κ3) is 6.58. The zero-order chi connectivity index (χ0) is 11.6. The summed E-state index contributed by atoms with van der Waals surface area (Å²) < 4.78 is 10.9. The molecule has 0 fully saturated rings. The quantitative estimate of drug-likeness (QED) is 0.703. The summed E-state index contributed by atoms with van der Waals surface area (Å²) in [7, 11) is -3.88. The smallest absolute Gasteiger partial charge is 0.324 e. The Morgan fingerprint density at radius 3 is 1.79 bits per heavy atom. The predicted octanol–water partition coefficient (Wildman–Crippen LogP) is 3.02. The summed E-state index contributed by atoms with van der Waals surface area (Å²) in [5.41, 5.74) is -0.142. The number of hydrogen-bond acceptors (Lipinski definition) is 1. The molecule has 0 aromatic rings. The van der Waals surface area contributed by atoms with Crippen molar-refractivity contribution in [2.75, 3.05) is 6.16 Å². The van der Waals surface area contributed by atoms with Crippen molar-refractivity contribution in [3.63, 3.8) is 0 Å². The maximum absolute atomic E-state index is 10.9. The monoisotopic (exact) mass is 222 g/mol. The summed E-state index contributed by atoms with van der Waals surface area (Å²) in [5.74, 6) is 0. The van der Waals surface area contributed by atoms with E-state index in [-0.39, 0.29) is 17.0 Å². The molecule has 0 atom stereocenters. The molecule has 0 bridgehead atoms. The van der Waals surface area contributed by atoms with Crippen molar-refractivity contribution in [2.24, 2.45) is 10.8 Å². The van der Waals surface area contributed by atoms with Crippen molar-refractivity contribution in [1.29, 1.82) is 0 Å². The van der Waals surface area contributed by atoms with Gasteiger partial charge < -0.3 is 9.79 Å². The summed E-state index contributed by atoms with van der Waals surface area (Å²) in [6.07, 6.45) is 1.84. The lowest BCUT2D eigenvalue weighted by Gasteiger charge is -2.34. The molecule has 0 rings (SSSR count). The first-order valence-corrected chi connectivity index (χ1v) is 6.82. The summed E-state index contributed by atoms with van der Waals surface area (Å²) >= 11 is 0. The van der Waals surface area contributed by atoms with Gasteiger partial charge in [0, 0.05) is 0 Å². The molecule has 0 saturated carbocycles. The minimum Gasteiger partial charge on any atom is -0.324 e. The molecule has 4 heteroatoms. The maximum atomic E-state index is 10.9. The minimum absolute atomic E-state index is 0.0244. The van der Waals surface area contributed by atoms with Gasteiger partial charge in [0.15, 0.2) is 0 Å². The molecule has 0 aromatic heterocycles. The Hall–Kier alpha value is 0.150. The van der Waals surface area contributed by atoms with Gasteiger partial charge in [-0.05, 0) is 17.3 Å². The van der Waals surface area contributed by atoms with Crippen LogP contribution in [0.5, 0.6) is 0 Å². The fourth-order valence-corrected chi connectivity index (χ4v) is 3.26. The van der Waals surface area contributed by atoms with Crippen LogP contribution in [0, 0.1) is 10.8 Å². The van der Waals surface area contributed by atoms with Gasteiger partial charge in [0.2, 0.25) is 0 Å². The van der Waals surface area contributed by atoms with Crippen molar-refractivity contribution in [3.8, 4) is 0 Å². The lowest BCUT2D eigenvalue weighted by molar-refractivity contribution is 0.200. The van der Waals surface area contributed by atoms with E-state index in [0.29, 0.717) is 0 Å². The number of hydrogen-bond donors (Lipinski definition) is 2. The van der Waals surface area contributed by atoms with Crippen molar-refractivity contribution in [2.45, 2.75) is 47.5 Å². The van der Waals surface area contributed by atoms with Gasteiger partial charge >= 0.3 is 7.60 Å². The van der Waals surface area contributed by atoms with Crippen molar-refractivity contribution in [3.05, 3.63) is 0 Å². The Kier molecular flexibility index (Phi) is 4.39. The van der Waals surface area contributed by atoms with E-state index in [9.17, 15) is 4.57 Å². The van der Waals surface area contributed by atoms with Crippen molar-refractivity contribution >= 4 is 7.60 Å². The van der Waals surface area contributed by atoms with Gasteiger partial charge in [-0.3, -0.25) is 4.57 Å². The predicted molar refractivity (Wildman–Crippen MR) is 59.4 cm³/mol. The molecule has 0 aromatic carbocycles. The van der Waals surface area contributed by atoms with Crippen LogP contribution in [-0.2, 0) is 4.57 Å². The molecule has 0 spiro atoms. The lowest BCUT2D eigenvalue weighted by atomic mass is 9.75. The molecular weight excluding hydrogens is 199 g/mol. The zero-order valence-corrected chi connectivity index (χ0v) is 10.8. The van der Waals surface area contributed by atoms with E-state index in [2.05, 4.69) is 20.8 Å². The van der Waals surface area contributed by atoms with Gasteiger partial charge in [0.1, 0.15) is 0 Å². The van der Waals surface area contributed by atoms with Gasteiger partial charge in [0.05, 0.1) is 6.16 Å². The van der Waals surface area contributed by atoms with Crippen molar-refractivity contribution < 1.29 is 14.4 Å². The normalized spacial score (nSPS) is 14.5. The highest BCUT2D eigenvalue weighted by Gasteiger charge is 2.33. The second kappa shape index (κ2) is 4.34. The van der Waals surface area contributed by atoms with Gasteiger partial charge in [-0.25, -0.2) is 0 Å². The second-order valence-corrected chi connectivity index (χ2v) is 7.33. The molecule has 0 unspecified atom stereocenters. The van der Waals surface area contributed by atoms with E-state index in [1.54, 1.807) is 0 Å². The maximum Gasteiger partial charge on any atom is 0.326 e. The highest BCUT2D eigenvalue weighted by Crippen LogP contribution is 2.46. The SMILES string of the molecule is CCC(C)(C)CC(C)(C)CP(=O)(O)O. The molecule has 0 aliphatic rings. The van der Waals surface area contributed by atoms with Crippen molar-refractivity contribution in [1.82, 2.24) is 0 Å². The highest BCUT2D eigenvalue weighted by atomic mass is 31.2. The molecule has 86 valence electrons. The summed E-state index contributed by atoms with van der Waals surface area (Å²) in [6.45, 7) is 10.2. The average Bonchev–Trinajstić information content (AvgIpc) is 1.78. The first-order valence-electron chi connectivity index (χ1n) is 5.02. The van der Waals surface area contributed by atoms with Gasteiger partial charge in [-0.1, -0.05) is 41.0 Å². The Bertz CT molecular complexity index is 228. The molecule has 0 heterocycles. The van der Waals surface area contributed by atoms with Crippen LogP contribution in [-0.4, -0.2) is 15.9 Å². The molecular formula is C10H23O3P. The summed E-state index contributed by atoms with van der Waals surface area (Å²) in [5, 5.41) is 0. The third-order valence-electron chi connectivity index (χ3n) is 2.55. The highest BCUT2D eigenvalue weighted by molar-refractivity contribution is 7.51. The molecule has 2 N–H and O–H groups in total. The van der Waals surface area contributed by atoms with Crippen LogP contribution in [0.15, 0.2) is 0 Å². The standard InChI is InChI=1S/C10H23O3P/c1-6-9(2,3)7-10(4,5)8-14(11,12)13/h6-8H2,1-5H3,(H2,11,12,13). The Morgan fingerprint density at radius 1 is 1.07 bits per heavy atom. The zero-order valence-electron chi connectivity index (χ0n) is 9.87. The molecule has 14 heavy (non-hydrogen) atoms. The third-order valence-corrected chi connectivity index (χ3v) is 3.82. The first-order chi connectivity index (χ1) is 5.97.